The molecule has 0 aliphatic carbocycles. The molecule has 0 aromatic heterocycles. The largest absolute Gasteiger partial charge is 0.311 e. The van der Waals surface area contributed by atoms with E-state index in [1.807, 2.05) is 0 Å². The summed E-state index contributed by atoms with van der Waals surface area (Å²) in [6.45, 7) is 5.82. The van der Waals surface area contributed by atoms with Crippen LogP contribution >= 0.6 is 0 Å². The molecule has 1 atom stereocenters. The molecule has 0 radical (unpaired) electrons. The van der Waals surface area contributed by atoms with Crippen molar-refractivity contribution in [3.05, 3.63) is 35.9 Å². The average Bonchev–Trinajstić information content (AvgIpc) is 2.15. The van der Waals surface area contributed by atoms with Crippen LogP contribution in [0.25, 0.3) is 0 Å². The Labute approximate surface area is 92.9 Å². The zero-order valence-electron chi connectivity index (χ0n) is 9.79. The van der Waals surface area contributed by atoms with E-state index in [1.165, 1.54) is 31.4 Å². The molecule has 1 N–H and O–H groups in total. The van der Waals surface area contributed by atoms with Crippen LogP contribution in [-0.2, 0) is 6.42 Å². The first-order chi connectivity index (χ1) is 7.20. The maximum Gasteiger partial charge on any atom is 0.0236 e. The maximum absolute atomic E-state index is 3.64. The molecule has 0 spiro atoms. The molecule has 1 aliphatic rings. The van der Waals surface area contributed by atoms with Crippen molar-refractivity contribution in [3.8, 4) is 0 Å². The van der Waals surface area contributed by atoms with Crippen molar-refractivity contribution in [2.45, 2.75) is 38.6 Å². The van der Waals surface area contributed by atoms with Crippen molar-refractivity contribution in [1.82, 2.24) is 5.32 Å². The van der Waals surface area contributed by atoms with Crippen LogP contribution in [0, 0.1) is 5.92 Å². The molecule has 1 fully saturated rings. The number of rotatable bonds is 4. The first-order valence-electron chi connectivity index (χ1n) is 5.99. The van der Waals surface area contributed by atoms with Crippen molar-refractivity contribution >= 4 is 0 Å². The fraction of sp³-hybridized carbons (Fsp3) is 0.571. The fourth-order valence-electron chi connectivity index (χ4n) is 2.64. The summed E-state index contributed by atoms with van der Waals surface area (Å²) in [7, 11) is 0. The lowest BCUT2D eigenvalue weighted by molar-refractivity contribution is 0.168. The van der Waals surface area contributed by atoms with Gasteiger partial charge in [-0.05, 0) is 37.3 Å². The van der Waals surface area contributed by atoms with Gasteiger partial charge in [0.25, 0.3) is 0 Å². The lowest BCUT2D eigenvalue weighted by Crippen LogP contribution is -2.59. The molecule has 1 unspecified atom stereocenters. The highest BCUT2D eigenvalue weighted by molar-refractivity contribution is 5.19. The minimum Gasteiger partial charge on any atom is -0.311 e. The van der Waals surface area contributed by atoms with Crippen molar-refractivity contribution in [2.24, 2.45) is 5.92 Å². The summed E-state index contributed by atoms with van der Waals surface area (Å²) in [5.41, 5.74) is 1.86. The van der Waals surface area contributed by atoms with E-state index in [2.05, 4.69) is 49.5 Å². The van der Waals surface area contributed by atoms with Gasteiger partial charge in [0.15, 0.2) is 0 Å². The Balaban J connectivity index is 2.02. The predicted molar refractivity (Wildman–Crippen MR) is 65.0 cm³/mol. The molecule has 2 rings (SSSR count). The van der Waals surface area contributed by atoms with Gasteiger partial charge in [-0.1, -0.05) is 44.2 Å². The minimum absolute atomic E-state index is 0.398. The number of hydrogen-bond donors (Lipinski definition) is 1. The van der Waals surface area contributed by atoms with E-state index in [0.29, 0.717) is 5.54 Å². The molecule has 0 bridgehead atoms. The van der Waals surface area contributed by atoms with Crippen LogP contribution in [0.3, 0.4) is 0 Å². The van der Waals surface area contributed by atoms with Crippen LogP contribution in [0.5, 0.6) is 0 Å². The summed E-state index contributed by atoms with van der Waals surface area (Å²) >= 11 is 0. The van der Waals surface area contributed by atoms with Gasteiger partial charge in [0.05, 0.1) is 0 Å². The van der Waals surface area contributed by atoms with Gasteiger partial charge in [0.2, 0.25) is 0 Å². The van der Waals surface area contributed by atoms with Gasteiger partial charge in [0, 0.05) is 5.54 Å². The zero-order chi connectivity index (χ0) is 10.7. The second kappa shape index (κ2) is 4.36. The molecule has 1 aliphatic heterocycles. The van der Waals surface area contributed by atoms with Gasteiger partial charge in [-0.25, -0.2) is 0 Å². The van der Waals surface area contributed by atoms with Crippen LogP contribution in [0.2, 0.25) is 0 Å². The molecule has 0 amide bonds. The van der Waals surface area contributed by atoms with Crippen LogP contribution in [-0.4, -0.2) is 12.1 Å². The van der Waals surface area contributed by atoms with Gasteiger partial charge in [-0.3, -0.25) is 0 Å². The summed E-state index contributed by atoms with van der Waals surface area (Å²) < 4.78 is 0. The van der Waals surface area contributed by atoms with Gasteiger partial charge in [-0.15, -0.1) is 0 Å². The molecule has 82 valence electrons. The molecule has 1 aromatic carbocycles. The third-order valence-electron chi connectivity index (χ3n) is 3.29. The smallest absolute Gasteiger partial charge is 0.0236 e. The minimum atomic E-state index is 0.398. The second-order valence-electron chi connectivity index (χ2n) is 5.22. The topological polar surface area (TPSA) is 12.0 Å². The lowest BCUT2D eigenvalue weighted by atomic mass is 9.76. The van der Waals surface area contributed by atoms with Crippen molar-refractivity contribution < 1.29 is 0 Å². The van der Waals surface area contributed by atoms with E-state index in [0.717, 1.165) is 5.92 Å². The molecule has 1 heteroatoms. The Bertz CT molecular complexity index is 298. The molecular formula is C14H21N. The van der Waals surface area contributed by atoms with E-state index in [4.69, 9.17) is 0 Å². The van der Waals surface area contributed by atoms with Crippen molar-refractivity contribution in [3.63, 3.8) is 0 Å². The molecule has 0 saturated carbocycles. The maximum atomic E-state index is 3.64. The Morgan fingerprint density at radius 1 is 1.27 bits per heavy atom. The summed E-state index contributed by atoms with van der Waals surface area (Å²) in [5, 5.41) is 3.64. The highest BCUT2D eigenvalue weighted by Crippen LogP contribution is 2.30. The van der Waals surface area contributed by atoms with E-state index in [-0.39, 0.29) is 0 Å². The number of nitrogens with one attached hydrogen (secondary N) is 1. The number of benzene rings is 1. The Morgan fingerprint density at radius 3 is 2.40 bits per heavy atom. The van der Waals surface area contributed by atoms with Crippen molar-refractivity contribution in [1.29, 1.82) is 0 Å². The van der Waals surface area contributed by atoms with E-state index in [1.54, 1.807) is 0 Å². The van der Waals surface area contributed by atoms with Gasteiger partial charge >= 0.3 is 0 Å². The molecule has 1 nitrogen and oxygen atoms in total. The molecule has 1 saturated heterocycles. The van der Waals surface area contributed by atoms with Gasteiger partial charge in [0.1, 0.15) is 0 Å². The Morgan fingerprint density at radius 2 is 1.93 bits per heavy atom. The van der Waals surface area contributed by atoms with E-state index in [9.17, 15) is 0 Å². The molecule has 15 heavy (non-hydrogen) atoms. The van der Waals surface area contributed by atoms with Crippen LogP contribution < -0.4 is 5.32 Å². The molecule has 1 aromatic rings. The fourth-order valence-corrected chi connectivity index (χ4v) is 2.64. The van der Waals surface area contributed by atoms with Gasteiger partial charge < -0.3 is 5.32 Å². The molecular weight excluding hydrogens is 182 g/mol. The lowest BCUT2D eigenvalue weighted by Gasteiger charge is -2.45. The Kier molecular flexibility index (Phi) is 3.11. The van der Waals surface area contributed by atoms with Gasteiger partial charge in [-0.2, -0.15) is 0 Å². The normalized spacial score (nSPS) is 25.3. The highest BCUT2D eigenvalue weighted by atomic mass is 15.0. The van der Waals surface area contributed by atoms with Crippen LogP contribution in [0.15, 0.2) is 30.3 Å². The van der Waals surface area contributed by atoms with E-state index >= 15 is 0 Å². The first-order valence-corrected chi connectivity index (χ1v) is 5.99. The zero-order valence-corrected chi connectivity index (χ0v) is 9.79. The van der Waals surface area contributed by atoms with Crippen LogP contribution in [0.1, 0.15) is 32.3 Å². The Hall–Kier alpha value is -0.820. The third kappa shape index (κ3) is 2.60. The van der Waals surface area contributed by atoms with Crippen LogP contribution in [0.4, 0.5) is 0 Å². The summed E-state index contributed by atoms with van der Waals surface area (Å²) in [5.74, 6) is 0.779. The first kappa shape index (κ1) is 10.7. The second-order valence-corrected chi connectivity index (χ2v) is 5.22. The average molecular weight is 203 g/mol. The monoisotopic (exact) mass is 203 g/mol. The highest BCUT2D eigenvalue weighted by Gasteiger charge is 2.36. The summed E-state index contributed by atoms with van der Waals surface area (Å²) in [6.07, 6.45) is 3.81. The third-order valence-corrected chi connectivity index (χ3v) is 3.29. The van der Waals surface area contributed by atoms with E-state index < -0.39 is 0 Å². The standard InChI is InChI=1S/C14H21N/c1-12(2)10-14(8-9-15-14)11-13-6-4-3-5-7-13/h3-7,12,15H,8-11H2,1-2H3. The predicted octanol–water partition coefficient (Wildman–Crippen LogP) is 3.01. The SMILES string of the molecule is CC(C)CC1(Cc2ccccc2)CCN1. The van der Waals surface area contributed by atoms with Crippen molar-refractivity contribution in [2.75, 3.05) is 6.54 Å². The number of hydrogen-bond acceptors (Lipinski definition) is 1. The summed E-state index contributed by atoms with van der Waals surface area (Å²) in [6, 6.07) is 10.8. The quantitative estimate of drug-likeness (QED) is 0.793. The molecule has 1 heterocycles. The summed E-state index contributed by atoms with van der Waals surface area (Å²) in [4.78, 5) is 0.